The van der Waals surface area contributed by atoms with Crippen LogP contribution in [0.25, 0.3) is 0 Å². The highest BCUT2D eigenvalue weighted by atomic mass is 32.1. The minimum atomic E-state index is 0.532. The monoisotopic (exact) mass is 181 g/mol. The first kappa shape index (κ1) is 7.80. The summed E-state index contributed by atoms with van der Waals surface area (Å²) in [6.07, 6.45) is 3.34. The summed E-state index contributed by atoms with van der Waals surface area (Å²) in [7, 11) is 0. The summed E-state index contributed by atoms with van der Waals surface area (Å²) in [4.78, 5) is 13.8. The summed E-state index contributed by atoms with van der Waals surface area (Å²) in [6.45, 7) is 0.797. The van der Waals surface area contributed by atoms with Crippen molar-refractivity contribution in [3.63, 3.8) is 0 Å². The zero-order valence-electron chi connectivity index (χ0n) is 6.77. The minimum Gasteiger partial charge on any atom is -0.337 e. The van der Waals surface area contributed by atoms with Crippen molar-refractivity contribution in [1.82, 2.24) is 4.90 Å². The van der Waals surface area contributed by atoms with Gasteiger partial charge in [0.15, 0.2) is 0 Å². The number of hydrogen-bond acceptors (Lipinski definition) is 2. The molecule has 1 aliphatic rings. The lowest BCUT2D eigenvalue weighted by Gasteiger charge is -2.14. The van der Waals surface area contributed by atoms with E-state index >= 15 is 0 Å². The highest BCUT2D eigenvalue weighted by Crippen LogP contribution is 2.27. The number of amides is 1. The van der Waals surface area contributed by atoms with Crippen molar-refractivity contribution < 1.29 is 4.79 Å². The first-order chi connectivity index (χ1) is 5.90. The van der Waals surface area contributed by atoms with E-state index in [1.807, 2.05) is 16.3 Å². The average molecular weight is 181 g/mol. The van der Waals surface area contributed by atoms with Gasteiger partial charge in [-0.1, -0.05) is 6.07 Å². The van der Waals surface area contributed by atoms with Crippen LogP contribution >= 0.6 is 11.3 Å². The molecule has 64 valence electrons. The largest absolute Gasteiger partial charge is 0.337 e. The van der Waals surface area contributed by atoms with Crippen LogP contribution < -0.4 is 0 Å². The predicted octanol–water partition coefficient (Wildman–Crippen LogP) is 1.87. The van der Waals surface area contributed by atoms with Crippen molar-refractivity contribution >= 4 is 17.7 Å². The molecule has 1 saturated carbocycles. The molecule has 12 heavy (non-hydrogen) atoms. The van der Waals surface area contributed by atoms with E-state index in [0.29, 0.717) is 6.04 Å². The number of rotatable bonds is 4. The molecular weight excluding hydrogens is 170 g/mol. The molecule has 2 nitrogen and oxygen atoms in total. The molecule has 0 aromatic carbocycles. The normalized spacial score (nSPS) is 16.0. The summed E-state index contributed by atoms with van der Waals surface area (Å²) in [5.74, 6) is 0. The summed E-state index contributed by atoms with van der Waals surface area (Å²) >= 11 is 1.71. The van der Waals surface area contributed by atoms with Gasteiger partial charge in [-0.2, -0.15) is 0 Å². The molecule has 1 aromatic heterocycles. The fraction of sp³-hybridized carbons (Fsp3) is 0.444. The van der Waals surface area contributed by atoms with Crippen molar-refractivity contribution in [1.29, 1.82) is 0 Å². The van der Waals surface area contributed by atoms with Gasteiger partial charge in [0.2, 0.25) is 6.41 Å². The maximum Gasteiger partial charge on any atom is 0.210 e. The highest BCUT2D eigenvalue weighted by molar-refractivity contribution is 7.09. The molecule has 1 heterocycles. The third-order valence-corrected chi connectivity index (χ3v) is 2.93. The number of carbonyl (C=O) groups is 1. The zero-order valence-corrected chi connectivity index (χ0v) is 7.59. The molecule has 0 saturated heterocycles. The lowest BCUT2D eigenvalue weighted by atomic mass is 10.4. The number of carbonyl (C=O) groups excluding carboxylic acids is 1. The van der Waals surface area contributed by atoms with Gasteiger partial charge in [-0.15, -0.1) is 11.3 Å². The number of nitrogens with zero attached hydrogens (tertiary/aromatic N) is 1. The molecule has 0 bridgehead atoms. The first-order valence-electron chi connectivity index (χ1n) is 4.13. The lowest BCUT2D eigenvalue weighted by Crippen LogP contribution is -2.22. The molecule has 0 aliphatic heterocycles. The second-order valence-corrected chi connectivity index (χ2v) is 4.12. The van der Waals surface area contributed by atoms with Gasteiger partial charge in [0, 0.05) is 10.9 Å². The molecular formula is C9H11NOS. The standard InChI is InChI=1S/C9H11NOS/c11-7-10(8-3-4-8)6-9-2-1-5-12-9/h1-2,5,7-8H,3-4,6H2. The van der Waals surface area contributed by atoms with Crippen LogP contribution in [0.4, 0.5) is 0 Å². The second-order valence-electron chi connectivity index (χ2n) is 3.09. The van der Waals surface area contributed by atoms with Crippen molar-refractivity contribution in [2.75, 3.05) is 0 Å². The maximum absolute atomic E-state index is 10.6. The summed E-state index contributed by atoms with van der Waals surface area (Å²) in [6, 6.07) is 4.63. The van der Waals surface area contributed by atoms with E-state index < -0.39 is 0 Å². The number of hydrogen-bond donors (Lipinski definition) is 0. The van der Waals surface area contributed by atoms with E-state index in [0.717, 1.165) is 13.0 Å². The molecule has 3 heteroatoms. The van der Waals surface area contributed by atoms with E-state index in [9.17, 15) is 4.79 Å². The van der Waals surface area contributed by atoms with Gasteiger partial charge in [0.25, 0.3) is 0 Å². The Morgan fingerprint density at radius 2 is 2.50 bits per heavy atom. The fourth-order valence-corrected chi connectivity index (χ4v) is 1.95. The van der Waals surface area contributed by atoms with Crippen molar-refractivity contribution in [2.45, 2.75) is 25.4 Å². The van der Waals surface area contributed by atoms with Gasteiger partial charge in [0.1, 0.15) is 0 Å². The van der Waals surface area contributed by atoms with E-state index in [2.05, 4.69) is 6.07 Å². The first-order valence-corrected chi connectivity index (χ1v) is 5.01. The van der Waals surface area contributed by atoms with E-state index in [1.54, 1.807) is 11.3 Å². The van der Waals surface area contributed by atoms with Crippen molar-refractivity contribution in [3.05, 3.63) is 22.4 Å². The van der Waals surface area contributed by atoms with Crippen LogP contribution in [0.15, 0.2) is 17.5 Å². The smallest absolute Gasteiger partial charge is 0.210 e. The Hall–Kier alpha value is -0.830. The third kappa shape index (κ3) is 1.67. The van der Waals surface area contributed by atoms with E-state index in [1.165, 1.54) is 17.7 Å². The minimum absolute atomic E-state index is 0.532. The Bertz CT molecular complexity index is 254. The molecule has 2 rings (SSSR count). The number of thiophene rings is 1. The van der Waals surface area contributed by atoms with E-state index in [4.69, 9.17) is 0 Å². The molecule has 1 fully saturated rings. The van der Waals surface area contributed by atoms with Gasteiger partial charge in [-0.3, -0.25) is 4.79 Å². The Balaban J connectivity index is 1.95. The van der Waals surface area contributed by atoms with Gasteiger partial charge in [0.05, 0.1) is 6.54 Å². The summed E-state index contributed by atoms with van der Waals surface area (Å²) < 4.78 is 0. The van der Waals surface area contributed by atoms with Gasteiger partial charge in [-0.25, -0.2) is 0 Å². The van der Waals surface area contributed by atoms with Crippen LogP contribution in [0.5, 0.6) is 0 Å². The van der Waals surface area contributed by atoms with Crippen molar-refractivity contribution in [3.8, 4) is 0 Å². The Kier molecular flexibility index (Phi) is 2.13. The molecule has 1 aromatic rings. The predicted molar refractivity (Wildman–Crippen MR) is 48.9 cm³/mol. The molecule has 1 amide bonds. The maximum atomic E-state index is 10.6. The molecule has 0 unspecified atom stereocenters. The fourth-order valence-electron chi connectivity index (χ4n) is 1.24. The summed E-state index contributed by atoms with van der Waals surface area (Å²) in [5, 5.41) is 2.05. The van der Waals surface area contributed by atoms with Gasteiger partial charge in [-0.05, 0) is 24.3 Å². The average Bonchev–Trinajstić information content (AvgIpc) is 2.80. The van der Waals surface area contributed by atoms with Crippen LogP contribution in [0.3, 0.4) is 0 Å². The molecule has 0 atom stereocenters. The van der Waals surface area contributed by atoms with Crippen LogP contribution in [-0.4, -0.2) is 17.4 Å². The van der Waals surface area contributed by atoms with Crippen LogP contribution in [-0.2, 0) is 11.3 Å². The van der Waals surface area contributed by atoms with Crippen molar-refractivity contribution in [2.24, 2.45) is 0 Å². The second kappa shape index (κ2) is 3.27. The molecule has 1 aliphatic carbocycles. The lowest BCUT2D eigenvalue weighted by molar-refractivity contribution is -0.119. The Morgan fingerprint density at radius 1 is 1.67 bits per heavy atom. The summed E-state index contributed by atoms with van der Waals surface area (Å²) in [5.41, 5.74) is 0. The van der Waals surface area contributed by atoms with Crippen LogP contribution in [0, 0.1) is 0 Å². The van der Waals surface area contributed by atoms with Gasteiger partial charge >= 0.3 is 0 Å². The molecule has 0 N–H and O–H groups in total. The van der Waals surface area contributed by atoms with E-state index in [-0.39, 0.29) is 0 Å². The Labute approximate surface area is 75.8 Å². The SMILES string of the molecule is O=CN(Cc1cccs1)C1CC1. The Morgan fingerprint density at radius 3 is 3.00 bits per heavy atom. The molecule has 0 spiro atoms. The quantitative estimate of drug-likeness (QED) is 0.649. The highest BCUT2D eigenvalue weighted by Gasteiger charge is 2.27. The zero-order chi connectivity index (χ0) is 8.39. The third-order valence-electron chi connectivity index (χ3n) is 2.07. The van der Waals surface area contributed by atoms with Crippen LogP contribution in [0.1, 0.15) is 17.7 Å². The van der Waals surface area contributed by atoms with Gasteiger partial charge < -0.3 is 4.90 Å². The topological polar surface area (TPSA) is 20.3 Å². The molecule has 0 radical (unpaired) electrons. The van der Waals surface area contributed by atoms with Crippen LogP contribution in [0.2, 0.25) is 0 Å².